The number of hydrogen-bond acceptors (Lipinski definition) is 3. The highest BCUT2D eigenvalue weighted by Crippen LogP contribution is 1.94. The molecule has 0 spiro atoms. The monoisotopic (exact) mass is 246 g/mol. The molecule has 2 N–H and O–H groups in total. The van der Waals surface area contributed by atoms with Crippen LogP contribution in [0.4, 0.5) is 4.79 Å². The summed E-state index contributed by atoms with van der Waals surface area (Å²) in [6.07, 6.45) is 0.518. The Hall–Kier alpha value is -1.30. The first-order valence-electron chi connectivity index (χ1n) is 5.79. The van der Waals surface area contributed by atoms with Crippen molar-refractivity contribution in [2.24, 2.45) is 0 Å². The minimum Gasteiger partial charge on any atom is -0.481 e. The van der Waals surface area contributed by atoms with Crippen LogP contribution in [0.2, 0.25) is 0 Å². The maximum absolute atomic E-state index is 11.5. The molecule has 0 rings (SSSR count). The first kappa shape index (κ1) is 15.7. The van der Waals surface area contributed by atoms with Crippen LogP contribution in [0, 0.1) is 0 Å². The summed E-state index contributed by atoms with van der Waals surface area (Å²) < 4.78 is 5.27. The van der Waals surface area contributed by atoms with Gasteiger partial charge >= 0.3 is 12.0 Å². The quantitative estimate of drug-likeness (QED) is 0.667. The zero-order chi connectivity index (χ0) is 13.3. The molecular weight excluding hydrogens is 224 g/mol. The third kappa shape index (κ3) is 8.50. The number of rotatable bonds is 8. The van der Waals surface area contributed by atoms with Crippen molar-refractivity contribution in [1.82, 2.24) is 10.2 Å². The molecule has 0 radical (unpaired) electrons. The van der Waals surface area contributed by atoms with E-state index >= 15 is 0 Å². The fraction of sp³-hybridized carbons (Fsp3) is 0.818. The van der Waals surface area contributed by atoms with Crippen LogP contribution in [-0.2, 0) is 9.53 Å². The van der Waals surface area contributed by atoms with Crippen molar-refractivity contribution < 1.29 is 19.4 Å². The molecule has 0 heterocycles. The first-order valence-corrected chi connectivity index (χ1v) is 5.79. The van der Waals surface area contributed by atoms with Gasteiger partial charge in [0.2, 0.25) is 0 Å². The van der Waals surface area contributed by atoms with Gasteiger partial charge in [-0.2, -0.15) is 0 Å². The van der Waals surface area contributed by atoms with E-state index in [1.807, 2.05) is 13.8 Å². The fourth-order valence-electron chi connectivity index (χ4n) is 1.28. The van der Waals surface area contributed by atoms with Crippen molar-refractivity contribution >= 4 is 12.0 Å². The molecule has 1 unspecified atom stereocenters. The molecule has 0 aromatic carbocycles. The Morgan fingerprint density at radius 1 is 1.47 bits per heavy atom. The van der Waals surface area contributed by atoms with Gasteiger partial charge in [0.15, 0.2) is 0 Å². The highest BCUT2D eigenvalue weighted by Gasteiger charge is 2.10. The smallest absolute Gasteiger partial charge is 0.317 e. The van der Waals surface area contributed by atoms with Gasteiger partial charge in [-0.05, 0) is 20.3 Å². The first-order chi connectivity index (χ1) is 7.97. The average Bonchev–Trinajstić information content (AvgIpc) is 2.25. The number of carboxylic acids is 1. The van der Waals surface area contributed by atoms with Crippen molar-refractivity contribution in [2.75, 3.05) is 26.7 Å². The third-order valence-electron chi connectivity index (χ3n) is 2.22. The standard InChI is InChI=1S/C11H22N2O4/c1-4-17-9(2)8-12-11(16)13(3)7-5-6-10(14)15/h9H,4-8H2,1-3H3,(H,12,16)(H,14,15). The van der Waals surface area contributed by atoms with Gasteiger partial charge in [-0.25, -0.2) is 4.79 Å². The maximum atomic E-state index is 11.5. The normalized spacial score (nSPS) is 11.9. The van der Waals surface area contributed by atoms with E-state index in [9.17, 15) is 9.59 Å². The van der Waals surface area contributed by atoms with Gasteiger partial charge in [0, 0.05) is 33.2 Å². The molecule has 100 valence electrons. The lowest BCUT2D eigenvalue weighted by Gasteiger charge is -2.19. The van der Waals surface area contributed by atoms with E-state index in [4.69, 9.17) is 9.84 Å². The summed E-state index contributed by atoms with van der Waals surface area (Å²) in [5, 5.41) is 11.2. The Morgan fingerprint density at radius 2 is 2.12 bits per heavy atom. The second-order valence-electron chi connectivity index (χ2n) is 3.87. The van der Waals surface area contributed by atoms with Crippen LogP contribution in [0.15, 0.2) is 0 Å². The van der Waals surface area contributed by atoms with Crippen LogP contribution in [0.5, 0.6) is 0 Å². The van der Waals surface area contributed by atoms with Crippen LogP contribution in [0.3, 0.4) is 0 Å². The summed E-state index contributed by atoms with van der Waals surface area (Å²) in [5.41, 5.74) is 0. The lowest BCUT2D eigenvalue weighted by molar-refractivity contribution is -0.137. The number of amides is 2. The largest absolute Gasteiger partial charge is 0.481 e. The number of nitrogens with one attached hydrogen (secondary N) is 1. The summed E-state index contributed by atoms with van der Waals surface area (Å²) >= 11 is 0. The molecule has 2 amide bonds. The average molecular weight is 246 g/mol. The predicted molar refractivity (Wildman–Crippen MR) is 64.0 cm³/mol. The Labute approximate surface area is 102 Å². The van der Waals surface area contributed by atoms with Crippen LogP contribution >= 0.6 is 0 Å². The number of aliphatic carboxylic acids is 1. The number of carbonyl (C=O) groups excluding carboxylic acids is 1. The van der Waals surface area contributed by atoms with Crippen molar-refractivity contribution in [3.63, 3.8) is 0 Å². The van der Waals surface area contributed by atoms with Gasteiger partial charge in [-0.15, -0.1) is 0 Å². The van der Waals surface area contributed by atoms with Crippen molar-refractivity contribution in [3.8, 4) is 0 Å². The number of hydrogen-bond donors (Lipinski definition) is 2. The second kappa shape index (κ2) is 8.81. The third-order valence-corrected chi connectivity index (χ3v) is 2.22. The fourth-order valence-corrected chi connectivity index (χ4v) is 1.28. The number of ether oxygens (including phenoxy) is 1. The molecule has 0 aliphatic rings. The highest BCUT2D eigenvalue weighted by molar-refractivity contribution is 5.74. The summed E-state index contributed by atoms with van der Waals surface area (Å²) in [7, 11) is 1.64. The van der Waals surface area contributed by atoms with E-state index in [2.05, 4.69) is 5.32 Å². The van der Waals surface area contributed by atoms with E-state index in [1.54, 1.807) is 7.05 Å². The van der Waals surface area contributed by atoms with Crippen molar-refractivity contribution in [1.29, 1.82) is 0 Å². The molecule has 0 aliphatic carbocycles. The van der Waals surface area contributed by atoms with Crippen LogP contribution in [0.25, 0.3) is 0 Å². The van der Waals surface area contributed by atoms with Crippen molar-refractivity contribution in [2.45, 2.75) is 32.8 Å². The molecule has 0 aromatic heterocycles. The minimum absolute atomic E-state index is 0.0173. The number of carboxylic acid groups (broad SMARTS) is 1. The molecule has 17 heavy (non-hydrogen) atoms. The molecule has 0 bridgehead atoms. The SMILES string of the molecule is CCOC(C)CNC(=O)N(C)CCCC(=O)O. The van der Waals surface area contributed by atoms with Gasteiger partial charge < -0.3 is 20.1 Å². The van der Waals surface area contributed by atoms with E-state index in [1.165, 1.54) is 4.90 Å². The predicted octanol–water partition coefficient (Wildman–Crippen LogP) is 0.918. The van der Waals surface area contributed by atoms with E-state index in [0.717, 1.165) is 0 Å². The number of nitrogens with zero attached hydrogens (tertiary/aromatic N) is 1. The second-order valence-corrected chi connectivity index (χ2v) is 3.87. The van der Waals surface area contributed by atoms with Crippen LogP contribution < -0.4 is 5.32 Å². The molecule has 0 aliphatic heterocycles. The molecule has 1 atom stereocenters. The summed E-state index contributed by atoms with van der Waals surface area (Å²) in [5.74, 6) is -0.844. The van der Waals surface area contributed by atoms with Gasteiger partial charge in [-0.1, -0.05) is 0 Å². The Morgan fingerprint density at radius 3 is 2.65 bits per heavy atom. The molecular formula is C11H22N2O4. The molecule has 0 fully saturated rings. The Kier molecular flexibility index (Phi) is 8.13. The minimum atomic E-state index is -0.844. The molecule has 6 heteroatoms. The van der Waals surface area contributed by atoms with Crippen LogP contribution in [0.1, 0.15) is 26.7 Å². The summed E-state index contributed by atoms with van der Waals surface area (Å²) in [6, 6.07) is -0.207. The highest BCUT2D eigenvalue weighted by atomic mass is 16.5. The summed E-state index contributed by atoms with van der Waals surface area (Å²) in [6.45, 7) is 5.28. The molecule has 0 saturated carbocycles. The zero-order valence-corrected chi connectivity index (χ0v) is 10.7. The molecule has 0 saturated heterocycles. The molecule has 6 nitrogen and oxygen atoms in total. The number of carbonyl (C=O) groups is 2. The summed E-state index contributed by atoms with van der Waals surface area (Å²) in [4.78, 5) is 23.3. The Balaban J connectivity index is 3.70. The lowest BCUT2D eigenvalue weighted by Crippen LogP contribution is -2.41. The van der Waals surface area contributed by atoms with Gasteiger partial charge in [-0.3, -0.25) is 4.79 Å². The van der Waals surface area contributed by atoms with E-state index in [0.29, 0.717) is 26.1 Å². The Bertz CT molecular complexity index is 246. The number of urea groups is 1. The van der Waals surface area contributed by atoms with E-state index < -0.39 is 5.97 Å². The molecule has 0 aromatic rings. The van der Waals surface area contributed by atoms with Gasteiger partial charge in [0.1, 0.15) is 0 Å². The van der Waals surface area contributed by atoms with Crippen LogP contribution in [-0.4, -0.2) is 54.9 Å². The maximum Gasteiger partial charge on any atom is 0.317 e. The van der Waals surface area contributed by atoms with Crippen molar-refractivity contribution in [3.05, 3.63) is 0 Å². The topological polar surface area (TPSA) is 78.9 Å². The van der Waals surface area contributed by atoms with Gasteiger partial charge in [0.05, 0.1) is 6.10 Å². The zero-order valence-electron chi connectivity index (χ0n) is 10.7. The van der Waals surface area contributed by atoms with E-state index in [-0.39, 0.29) is 18.6 Å². The lowest BCUT2D eigenvalue weighted by atomic mass is 10.3. The van der Waals surface area contributed by atoms with Gasteiger partial charge in [0.25, 0.3) is 0 Å².